The minimum atomic E-state index is -0.776. The number of nitrogens with zero attached hydrogens (tertiary/aromatic N) is 4. The number of nitrogens with two attached hydrogens (primary N) is 2. The molecule has 4 rings (SSSR count). The fourth-order valence-corrected chi connectivity index (χ4v) is 4.72. The maximum atomic E-state index is 14.1. The first-order valence-electron chi connectivity index (χ1n) is 9.94. The topological polar surface area (TPSA) is 115 Å². The van der Waals surface area contributed by atoms with E-state index in [2.05, 4.69) is 15.4 Å². The van der Waals surface area contributed by atoms with Gasteiger partial charge in [-0.25, -0.2) is 24.3 Å². The van der Waals surface area contributed by atoms with Crippen molar-refractivity contribution in [3.63, 3.8) is 0 Å². The van der Waals surface area contributed by atoms with Gasteiger partial charge in [-0.3, -0.25) is 9.80 Å². The molecule has 2 heterocycles. The van der Waals surface area contributed by atoms with Crippen molar-refractivity contribution in [2.24, 2.45) is 12.9 Å². The Labute approximate surface area is 181 Å². The molecule has 1 amide bonds. The number of nitrogens with one attached hydrogen (secondary N) is 1. The van der Waals surface area contributed by atoms with Crippen LogP contribution in [0.1, 0.15) is 42.6 Å². The molecule has 0 saturated heterocycles. The summed E-state index contributed by atoms with van der Waals surface area (Å²) in [5.74, 6) is 4.78. The van der Waals surface area contributed by atoms with Gasteiger partial charge >= 0.3 is 0 Å². The first kappa shape index (κ1) is 21.2. The predicted molar refractivity (Wildman–Crippen MR) is 117 cm³/mol. The molecule has 0 unspecified atom stereocenters. The number of carbonyl (C=O) groups excluding carboxylic acids is 1. The van der Waals surface area contributed by atoms with Crippen LogP contribution in [-0.4, -0.2) is 26.7 Å². The average Bonchev–Trinajstić information content (AvgIpc) is 3.30. The number of hydrazine groups is 1. The molecule has 8 nitrogen and oxygen atoms in total. The smallest absolute Gasteiger partial charge is 0.277 e. The van der Waals surface area contributed by atoms with E-state index in [1.165, 1.54) is 18.7 Å². The number of rotatable bonds is 5. The first-order chi connectivity index (χ1) is 14.9. The quantitative estimate of drug-likeness (QED) is 0.406. The van der Waals surface area contributed by atoms with Gasteiger partial charge in [-0.15, -0.1) is 0 Å². The van der Waals surface area contributed by atoms with Crippen LogP contribution < -0.4 is 21.9 Å². The molecule has 0 radical (unpaired) electrons. The summed E-state index contributed by atoms with van der Waals surface area (Å²) in [7, 11) is 1.74. The molecule has 0 aliphatic heterocycles. The minimum absolute atomic E-state index is 0.00711. The van der Waals surface area contributed by atoms with E-state index in [1.807, 2.05) is 0 Å². The van der Waals surface area contributed by atoms with Gasteiger partial charge in [0.15, 0.2) is 11.5 Å². The number of hydrogen-bond donors (Lipinski definition) is 3. The maximum Gasteiger partial charge on any atom is 0.277 e. The highest BCUT2D eigenvalue weighted by atomic mass is 32.1. The summed E-state index contributed by atoms with van der Waals surface area (Å²) in [6.45, 7) is 0. The van der Waals surface area contributed by atoms with Gasteiger partial charge < -0.3 is 11.1 Å². The fourth-order valence-electron chi connectivity index (χ4n) is 3.84. The Kier molecular flexibility index (Phi) is 5.88. The third-order valence-electron chi connectivity index (χ3n) is 5.41. The molecule has 2 aromatic heterocycles. The summed E-state index contributed by atoms with van der Waals surface area (Å²) in [5, 5.41) is 8.64. The highest BCUT2D eigenvalue weighted by Gasteiger charge is 2.26. The van der Waals surface area contributed by atoms with E-state index in [4.69, 9.17) is 11.6 Å². The van der Waals surface area contributed by atoms with Crippen molar-refractivity contribution in [1.82, 2.24) is 14.8 Å². The van der Waals surface area contributed by atoms with Crippen LogP contribution in [0.25, 0.3) is 10.6 Å². The lowest BCUT2D eigenvalue weighted by molar-refractivity contribution is 0.102. The number of anilines is 3. The van der Waals surface area contributed by atoms with E-state index >= 15 is 0 Å². The Hall–Kier alpha value is -3.05. The number of benzene rings is 1. The third-order valence-corrected chi connectivity index (χ3v) is 6.32. The summed E-state index contributed by atoms with van der Waals surface area (Å²) in [4.78, 5) is 17.0. The van der Waals surface area contributed by atoms with Crippen LogP contribution in [0.5, 0.6) is 0 Å². The van der Waals surface area contributed by atoms with Crippen molar-refractivity contribution < 1.29 is 13.6 Å². The molecule has 0 spiro atoms. The van der Waals surface area contributed by atoms with Gasteiger partial charge in [-0.05, 0) is 25.0 Å². The number of hydrogen-bond acceptors (Lipinski definition) is 7. The monoisotopic (exact) mass is 447 g/mol. The van der Waals surface area contributed by atoms with E-state index in [1.54, 1.807) is 16.7 Å². The number of amides is 1. The van der Waals surface area contributed by atoms with Gasteiger partial charge in [0, 0.05) is 13.1 Å². The lowest BCUT2D eigenvalue weighted by atomic mass is 9.95. The van der Waals surface area contributed by atoms with Crippen molar-refractivity contribution in [2.45, 2.75) is 38.1 Å². The summed E-state index contributed by atoms with van der Waals surface area (Å²) < 4.78 is 29.8. The minimum Gasteiger partial charge on any atom is -0.389 e. The number of thiazole rings is 1. The summed E-state index contributed by atoms with van der Waals surface area (Å²) in [5.41, 5.74) is 5.93. The molecule has 164 valence electrons. The zero-order valence-electron chi connectivity index (χ0n) is 16.9. The number of carbonyl (C=O) groups is 1. The van der Waals surface area contributed by atoms with Crippen molar-refractivity contribution in [3.05, 3.63) is 41.7 Å². The zero-order valence-corrected chi connectivity index (χ0v) is 17.8. The maximum absolute atomic E-state index is 14.1. The molecule has 1 aromatic carbocycles. The number of halogens is 2. The van der Waals surface area contributed by atoms with Crippen LogP contribution in [0.15, 0.2) is 24.4 Å². The molecule has 1 aliphatic rings. The zero-order chi connectivity index (χ0) is 22.1. The van der Waals surface area contributed by atoms with Crippen molar-refractivity contribution >= 4 is 33.8 Å². The van der Waals surface area contributed by atoms with E-state index < -0.39 is 17.5 Å². The average molecular weight is 448 g/mol. The second kappa shape index (κ2) is 8.60. The molecular formula is C20H23F2N7OS. The Morgan fingerprint density at radius 3 is 2.61 bits per heavy atom. The highest BCUT2D eigenvalue weighted by molar-refractivity contribution is 7.19. The van der Waals surface area contributed by atoms with E-state index in [9.17, 15) is 13.6 Å². The van der Waals surface area contributed by atoms with Gasteiger partial charge in [0.05, 0.1) is 11.8 Å². The predicted octanol–water partition coefficient (Wildman–Crippen LogP) is 3.67. The van der Waals surface area contributed by atoms with Crippen LogP contribution in [0.3, 0.4) is 0 Å². The van der Waals surface area contributed by atoms with Gasteiger partial charge in [0.1, 0.15) is 27.3 Å². The largest absolute Gasteiger partial charge is 0.389 e. The lowest BCUT2D eigenvalue weighted by Gasteiger charge is -2.32. The van der Waals surface area contributed by atoms with Gasteiger partial charge in [-0.2, -0.15) is 5.10 Å². The summed E-state index contributed by atoms with van der Waals surface area (Å²) in [6.07, 6.45) is 6.81. The molecule has 11 heteroatoms. The first-order valence-corrected chi connectivity index (χ1v) is 10.8. The molecule has 0 atom stereocenters. The van der Waals surface area contributed by atoms with E-state index in [-0.39, 0.29) is 27.3 Å². The molecular weight excluding hydrogens is 424 g/mol. The standard InChI is InChI=1S/C20H23F2N7OS/c1-28-20(29(24)11-6-3-2-4-7-11)14(10-25-28)26-18(30)16-17(23)31-19(27-16)15-12(21)8-5-9-13(15)22/h5,8-11H,2-4,6-7,23-24H2,1H3,(H,26,30). The summed E-state index contributed by atoms with van der Waals surface area (Å²) in [6, 6.07) is 3.66. The van der Waals surface area contributed by atoms with Crippen LogP contribution in [0.2, 0.25) is 0 Å². The second-order valence-corrected chi connectivity index (χ2v) is 8.52. The van der Waals surface area contributed by atoms with E-state index in [0.717, 1.165) is 49.2 Å². The Balaban J connectivity index is 1.59. The van der Waals surface area contributed by atoms with Crippen LogP contribution >= 0.6 is 11.3 Å². The van der Waals surface area contributed by atoms with Crippen molar-refractivity contribution in [3.8, 4) is 10.6 Å². The molecule has 5 N–H and O–H groups in total. The van der Waals surface area contributed by atoms with Gasteiger partial charge in [0.2, 0.25) is 0 Å². The van der Waals surface area contributed by atoms with Crippen LogP contribution in [0, 0.1) is 11.6 Å². The Morgan fingerprint density at radius 1 is 1.26 bits per heavy atom. The number of aryl methyl sites for hydroxylation is 1. The van der Waals surface area contributed by atoms with Crippen LogP contribution in [-0.2, 0) is 7.05 Å². The van der Waals surface area contributed by atoms with Crippen molar-refractivity contribution in [1.29, 1.82) is 0 Å². The van der Waals surface area contributed by atoms with Gasteiger partial charge in [0.25, 0.3) is 5.91 Å². The number of aromatic nitrogens is 3. The third kappa shape index (κ3) is 4.10. The second-order valence-electron chi connectivity index (χ2n) is 7.49. The molecule has 0 bridgehead atoms. The summed E-state index contributed by atoms with van der Waals surface area (Å²) >= 11 is 0.843. The lowest BCUT2D eigenvalue weighted by Crippen LogP contribution is -2.44. The molecule has 1 aliphatic carbocycles. The molecule has 1 fully saturated rings. The van der Waals surface area contributed by atoms with Crippen molar-refractivity contribution in [2.75, 3.05) is 16.1 Å². The Morgan fingerprint density at radius 2 is 1.94 bits per heavy atom. The fraction of sp³-hybridized carbons (Fsp3) is 0.350. The SMILES string of the molecule is Cn1ncc(NC(=O)c2nc(-c3c(F)cccc3F)sc2N)c1N(N)C1CCCCC1. The highest BCUT2D eigenvalue weighted by Crippen LogP contribution is 2.35. The van der Waals surface area contributed by atoms with E-state index in [0.29, 0.717) is 11.5 Å². The molecule has 3 aromatic rings. The normalized spacial score (nSPS) is 14.6. The van der Waals surface area contributed by atoms with Gasteiger partial charge in [-0.1, -0.05) is 36.7 Å². The number of nitrogen functional groups attached to an aromatic ring is 1. The molecule has 31 heavy (non-hydrogen) atoms. The molecule has 1 saturated carbocycles. The van der Waals surface area contributed by atoms with Crippen LogP contribution in [0.4, 0.5) is 25.3 Å². The Bertz CT molecular complexity index is 1090.